The van der Waals surface area contributed by atoms with Crippen molar-refractivity contribution in [1.82, 2.24) is 0 Å². The molecular formula is C14H11Cl3N2O2. The van der Waals surface area contributed by atoms with E-state index in [9.17, 15) is 10.1 Å². The summed E-state index contributed by atoms with van der Waals surface area (Å²) < 4.78 is 0. The van der Waals surface area contributed by atoms with Gasteiger partial charge in [0.2, 0.25) is 0 Å². The smallest absolute Gasteiger partial charge is 0.272 e. The van der Waals surface area contributed by atoms with Gasteiger partial charge in [-0.3, -0.25) is 10.1 Å². The lowest BCUT2D eigenvalue weighted by atomic mass is 10.1. The second-order valence-corrected chi connectivity index (χ2v) is 5.67. The number of anilines is 1. The average molecular weight is 346 g/mol. The van der Waals surface area contributed by atoms with Gasteiger partial charge in [-0.15, -0.1) is 0 Å². The lowest BCUT2D eigenvalue weighted by molar-refractivity contribution is -0.385. The maximum Gasteiger partial charge on any atom is 0.272 e. The van der Waals surface area contributed by atoms with E-state index in [0.717, 1.165) is 5.56 Å². The van der Waals surface area contributed by atoms with E-state index in [0.29, 0.717) is 32.9 Å². The molecule has 21 heavy (non-hydrogen) atoms. The Morgan fingerprint density at radius 2 is 1.81 bits per heavy atom. The fourth-order valence-corrected chi connectivity index (χ4v) is 2.90. The van der Waals surface area contributed by atoms with Gasteiger partial charge in [0.25, 0.3) is 5.69 Å². The van der Waals surface area contributed by atoms with Crippen molar-refractivity contribution in [2.45, 2.75) is 13.5 Å². The first-order valence-electron chi connectivity index (χ1n) is 6.01. The van der Waals surface area contributed by atoms with Gasteiger partial charge < -0.3 is 5.32 Å². The van der Waals surface area contributed by atoms with Crippen molar-refractivity contribution in [3.8, 4) is 0 Å². The molecule has 2 aromatic rings. The second-order valence-electron chi connectivity index (χ2n) is 4.42. The van der Waals surface area contributed by atoms with Gasteiger partial charge in [0.15, 0.2) is 0 Å². The quantitative estimate of drug-likeness (QED) is 0.590. The minimum atomic E-state index is -0.402. The summed E-state index contributed by atoms with van der Waals surface area (Å²) in [6.07, 6.45) is 0. The number of nitro groups is 1. The van der Waals surface area contributed by atoms with E-state index in [-0.39, 0.29) is 5.69 Å². The first-order valence-corrected chi connectivity index (χ1v) is 7.15. The number of nitrogens with one attached hydrogen (secondary N) is 1. The molecule has 1 N–H and O–H groups in total. The zero-order chi connectivity index (χ0) is 15.6. The number of halogens is 3. The predicted molar refractivity (Wildman–Crippen MR) is 86.6 cm³/mol. The molecule has 110 valence electrons. The molecule has 0 saturated heterocycles. The standard InChI is InChI=1S/C14H11Cl3N2O2/c1-8-9(3-2-4-13(8)19(20)21)7-18-14-11(16)5-10(15)6-12(14)17/h2-6,18H,7H2,1H3. The highest BCUT2D eigenvalue weighted by molar-refractivity contribution is 6.41. The molecule has 2 rings (SSSR count). The maximum absolute atomic E-state index is 10.9. The normalized spacial score (nSPS) is 10.5. The molecule has 2 aromatic carbocycles. The average Bonchev–Trinajstić information content (AvgIpc) is 2.38. The van der Waals surface area contributed by atoms with Gasteiger partial charge in [0.05, 0.1) is 20.7 Å². The van der Waals surface area contributed by atoms with Gasteiger partial charge in [-0.05, 0) is 24.6 Å². The number of nitro benzene ring substituents is 1. The zero-order valence-corrected chi connectivity index (χ0v) is 13.3. The molecule has 0 fully saturated rings. The molecule has 4 nitrogen and oxygen atoms in total. The first-order chi connectivity index (χ1) is 9.90. The molecule has 0 aromatic heterocycles. The van der Waals surface area contributed by atoms with E-state index >= 15 is 0 Å². The molecule has 0 unspecified atom stereocenters. The number of rotatable bonds is 4. The molecule has 0 aliphatic rings. The lowest BCUT2D eigenvalue weighted by Gasteiger charge is -2.12. The van der Waals surface area contributed by atoms with Crippen molar-refractivity contribution < 1.29 is 4.92 Å². The molecule has 0 radical (unpaired) electrons. The van der Waals surface area contributed by atoms with Crippen molar-refractivity contribution >= 4 is 46.2 Å². The van der Waals surface area contributed by atoms with Gasteiger partial charge in [0.1, 0.15) is 0 Å². The topological polar surface area (TPSA) is 55.2 Å². The fraction of sp³-hybridized carbons (Fsp3) is 0.143. The molecule has 0 aliphatic heterocycles. The van der Waals surface area contributed by atoms with Crippen molar-refractivity contribution in [2.24, 2.45) is 0 Å². The third kappa shape index (κ3) is 3.59. The summed E-state index contributed by atoms with van der Waals surface area (Å²) in [4.78, 5) is 10.5. The van der Waals surface area contributed by atoms with Crippen molar-refractivity contribution in [2.75, 3.05) is 5.32 Å². The number of benzene rings is 2. The van der Waals surface area contributed by atoms with E-state index < -0.39 is 4.92 Å². The van der Waals surface area contributed by atoms with Crippen LogP contribution in [0.2, 0.25) is 15.1 Å². The molecule has 0 saturated carbocycles. The van der Waals surface area contributed by atoms with Crippen LogP contribution in [0.3, 0.4) is 0 Å². The molecule has 0 aliphatic carbocycles. The minimum Gasteiger partial charge on any atom is -0.379 e. The van der Waals surface area contributed by atoms with E-state index in [1.807, 2.05) is 6.07 Å². The Morgan fingerprint density at radius 3 is 2.38 bits per heavy atom. The zero-order valence-electron chi connectivity index (χ0n) is 11.0. The lowest BCUT2D eigenvalue weighted by Crippen LogP contribution is -2.04. The van der Waals surface area contributed by atoms with E-state index in [2.05, 4.69) is 5.32 Å². The monoisotopic (exact) mass is 344 g/mol. The Kier molecular flexibility index (Phi) is 4.93. The molecule has 0 atom stereocenters. The van der Waals surface area contributed by atoms with Crippen LogP contribution in [0, 0.1) is 17.0 Å². The van der Waals surface area contributed by atoms with Crippen LogP contribution in [-0.4, -0.2) is 4.92 Å². The summed E-state index contributed by atoms with van der Waals surface area (Å²) in [5, 5.41) is 15.3. The summed E-state index contributed by atoms with van der Waals surface area (Å²) in [6, 6.07) is 8.09. The molecule has 0 bridgehead atoms. The van der Waals surface area contributed by atoms with Gasteiger partial charge >= 0.3 is 0 Å². The van der Waals surface area contributed by atoms with Crippen LogP contribution in [0.25, 0.3) is 0 Å². The van der Waals surface area contributed by atoms with Crippen molar-refractivity contribution in [3.05, 3.63) is 66.6 Å². The third-order valence-electron chi connectivity index (χ3n) is 3.08. The van der Waals surface area contributed by atoms with Crippen molar-refractivity contribution in [3.63, 3.8) is 0 Å². The van der Waals surface area contributed by atoms with Crippen LogP contribution >= 0.6 is 34.8 Å². The third-order valence-corrected chi connectivity index (χ3v) is 3.89. The Balaban J connectivity index is 2.25. The SMILES string of the molecule is Cc1c(CNc2c(Cl)cc(Cl)cc2Cl)cccc1[N+](=O)[O-]. The first kappa shape index (κ1) is 15.9. The Hall–Kier alpha value is -1.49. The Bertz CT molecular complexity index is 682. The highest BCUT2D eigenvalue weighted by Gasteiger charge is 2.14. The van der Waals surface area contributed by atoms with E-state index in [1.165, 1.54) is 6.07 Å². The minimum absolute atomic E-state index is 0.0857. The highest BCUT2D eigenvalue weighted by Crippen LogP contribution is 2.34. The molecule has 0 heterocycles. The van der Waals surface area contributed by atoms with E-state index in [1.54, 1.807) is 25.1 Å². The fourth-order valence-electron chi connectivity index (χ4n) is 1.95. The summed E-state index contributed by atoms with van der Waals surface area (Å²) in [5.41, 5.74) is 2.04. The van der Waals surface area contributed by atoms with Gasteiger partial charge in [-0.25, -0.2) is 0 Å². The number of hydrogen-bond acceptors (Lipinski definition) is 3. The van der Waals surface area contributed by atoms with Crippen LogP contribution in [0.4, 0.5) is 11.4 Å². The number of nitrogens with zero attached hydrogens (tertiary/aromatic N) is 1. The number of hydrogen-bond donors (Lipinski definition) is 1. The van der Waals surface area contributed by atoms with Crippen LogP contribution in [0.5, 0.6) is 0 Å². The largest absolute Gasteiger partial charge is 0.379 e. The molecule has 0 spiro atoms. The van der Waals surface area contributed by atoms with Crippen molar-refractivity contribution in [1.29, 1.82) is 0 Å². The summed E-state index contributed by atoms with van der Waals surface area (Å²) in [6.45, 7) is 2.08. The van der Waals surface area contributed by atoms with Crippen LogP contribution in [0.1, 0.15) is 11.1 Å². The maximum atomic E-state index is 10.9. The molecule has 7 heteroatoms. The molecule has 0 amide bonds. The second kappa shape index (κ2) is 6.52. The van der Waals surface area contributed by atoms with Crippen LogP contribution in [-0.2, 0) is 6.54 Å². The predicted octanol–water partition coefficient (Wildman–Crippen LogP) is 5.48. The summed E-state index contributed by atoms with van der Waals surface area (Å²) >= 11 is 18.0. The van der Waals surface area contributed by atoms with Crippen LogP contribution in [0.15, 0.2) is 30.3 Å². The van der Waals surface area contributed by atoms with Gasteiger partial charge in [0, 0.05) is 23.2 Å². The summed E-state index contributed by atoms with van der Waals surface area (Å²) in [7, 11) is 0. The summed E-state index contributed by atoms with van der Waals surface area (Å²) in [5.74, 6) is 0. The van der Waals surface area contributed by atoms with Gasteiger partial charge in [-0.2, -0.15) is 0 Å². The van der Waals surface area contributed by atoms with Crippen LogP contribution < -0.4 is 5.32 Å². The molecular weight excluding hydrogens is 335 g/mol. The Labute approximate surface area is 136 Å². The Morgan fingerprint density at radius 1 is 1.19 bits per heavy atom. The van der Waals surface area contributed by atoms with E-state index in [4.69, 9.17) is 34.8 Å². The van der Waals surface area contributed by atoms with Gasteiger partial charge in [-0.1, -0.05) is 46.9 Å². The highest BCUT2D eigenvalue weighted by atomic mass is 35.5.